The van der Waals surface area contributed by atoms with Crippen LogP contribution in [0.15, 0.2) is 0 Å². The molecule has 0 amide bonds. The number of thiol groups is 1. The van der Waals surface area contributed by atoms with Crippen LogP contribution >= 0.6 is 19.0 Å². The molecular formula is C12H28NO2PS. The molecule has 0 aliphatic carbocycles. The minimum atomic E-state index is -3.30. The van der Waals surface area contributed by atoms with Gasteiger partial charge in [0, 0.05) is 6.54 Å². The van der Waals surface area contributed by atoms with Crippen molar-refractivity contribution < 1.29 is 9.46 Å². The van der Waals surface area contributed by atoms with Gasteiger partial charge < -0.3 is 4.89 Å². The van der Waals surface area contributed by atoms with Gasteiger partial charge in [-0.25, -0.2) is 5.09 Å². The molecule has 0 saturated heterocycles. The minimum absolute atomic E-state index is 0.591. The Morgan fingerprint density at radius 2 is 1.35 bits per heavy atom. The van der Waals surface area contributed by atoms with Crippen molar-refractivity contribution >= 4 is 19.0 Å². The molecule has 0 aliphatic heterocycles. The average Bonchev–Trinajstić information content (AvgIpc) is 2.24. The Kier molecular flexibility index (Phi) is 11.9. The van der Waals surface area contributed by atoms with Gasteiger partial charge in [0.25, 0.3) is 0 Å². The summed E-state index contributed by atoms with van der Waals surface area (Å²) in [6, 6.07) is 0. The Labute approximate surface area is 111 Å². The summed E-state index contributed by atoms with van der Waals surface area (Å²) in [5, 5.41) is 2.52. The molecule has 0 radical (unpaired) electrons. The van der Waals surface area contributed by atoms with Crippen LogP contribution in [0.4, 0.5) is 0 Å². The largest absolute Gasteiger partial charge is 0.326 e. The predicted octanol–water partition coefficient (Wildman–Crippen LogP) is 4.53. The molecule has 0 aromatic carbocycles. The summed E-state index contributed by atoms with van der Waals surface area (Å²) in [5.41, 5.74) is 0. The Balaban J connectivity index is 3.01. The number of hydrogen-bond donors (Lipinski definition) is 3. The van der Waals surface area contributed by atoms with Crippen molar-refractivity contribution in [3.8, 4) is 0 Å². The van der Waals surface area contributed by atoms with Crippen molar-refractivity contribution in [1.29, 1.82) is 0 Å². The average molecular weight is 281 g/mol. The molecule has 0 spiro atoms. The maximum Gasteiger partial charge on any atom is 0.320 e. The fraction of sp³-hybridized carbons (Fsp3) is 1.00. The van der Waals surface area contributed by atoms with Gasteiger partial charge in [-0.3, -0.25) is 4.57 Å². The molecule has 0 aromatic rings. The first-order valence-electron chi connectivity index (χ1n) is 6.87. The van der Waals surface area contributed by atoms with E-state index in [9.17, 15) is 4.57 Å². The van der Waals surface area contributed by atoms with Crippen LogP contribution in [0.1, 0.15) is 71.1 Å². The first-order chi connectivity index (χ1) is 8.06. The number of rotatable bonds is 12. The summed E-state index contributed by atoms with van der Waals surface area (Å²) in [4.78, 5) is 8.87. The molecule has 0 heterocycles. The lowest BCUT2D eigenvalue weighted by Gasteiger charge is -2.06. The van der Waals surface area contributed by atoms with E-state index in [1.165, 1.54) is 51.4 Å². The highest BCUT2D eigenvalue weighted by Crippen LogP contribution is 2.39. The zero-order valence-electron chi connectivity index (χ0n) is 11.0. The van der Waals surface area contributed by atoms with Crippen molar-refractivity contribution in [3.05, 3.63) is 0 Å². The summed E-state index contributed by atoms with van der Waals surface area (Å²) >= 11 is 3.55. The van der Waals surface area contributed by atoms with E-state index < -0.39 is 6.72 Å². The molecule has 1 unspecified atom stereocenters. The molecule has 3 nitrogen and oxygen atoms in total. The third-order valence-electron chi connectivity index (χ3n) is 2.85. The van der Waals surface area contributed by atoms with E-state index in [0.29, 0.717) is 6.54 Å². The van der Waals surface area contributed by atoms with Gasteiger partial charge in [0.1, 0.15) is 0 Å². The second-order valence-corrected chi connectivity index (χ2v) is 7.66. The van der Waals surface area contributed by atoms with Crippen molar-refractivity contribution in [2.45, 2.75) is 71.1 Å². The fourth-order valence-electron chi connectivity index (χ4n) is 1.84. The molecule has 104 valence electrons. The van der Waals surface area contributed by atoms with Gasteiger partial charge in [0.15, 0.2) is 0 Å². The van der Waals surface area contributed by atoms with Crippen molar-refractivity contribution in [1.82, 2.24) is 5.09 Å². The SMILES string of the molecule is CCCCCCCCCCCCNP(=O)(O)S. The quantitative estimate of drug-likeness (QED) is 0.280. The van der Waals surface area contributed by atoms with Crippen molar-refractivity contribution in [3.63, 3.8) is 0 Å². The van der Waals surface area contributed by atoms with E-state index >= 15 is 0 Å². The molecule has 17 heavy (non-hydrogen) atoms. The molecule has 5 heteroatoms. The van der Waals surface area contributed by atoms with Gasteiger partial charge in [0.2, 0.25) is 0 Å². The lowest BCUT2D eigenvalue weighted by molar-refractivity contribution is 0.480. The van der Waals surface area contributed by atoms with Crippen molar-refractivity contribution in [2.24, 2.45) is 0 Å². The zero-order chi connectivity index (χ0) is 13.0. The standard InChI is InChI=1S/C12H28NO2PS/c1-2-3-4-5-6-7-8-9-10-11-12-13-16(14,15)17/h2-12H2,1H3,(H3,13,14,15,17). The fourth-order valence-corrected chi connectivity index (χ4v) is 2.59. The molecule has 0 aromatic heterocycles. The zero-order valence-corrected chi connectivity index (χ0v) is 12.8. The smallest absolute Gasteiger partial charge is 0.320 e. The first-order valence-corrected chi connectivity index (χ1v) is 9.68. The topological polar surface area (TPSA) is 49.3 Å². The molecule has 0 fully saturated rings. The summed E-state index contributed by atoms with van der Waals surface area (Å²) < 4.78 is 10.8. The molecule has 1 atom stereocenters. The Morgan fingerprint density at radius 1 is 0.941 bits per heavy atom. The summed E-state index contributed by atoms with van der Waals surface area (Å²) in [6.07, 6.45) is 12.8. The van der Waals surface area contributed by atoms with Crippen LogP contribution in [0, 0.1) is 0 Å². The van der Waals surface area contributed by atoms with E-state index in [1.54, 1.807) is 0 Å². The van der Waals surface area contributed by atoms with Gasteiger partial charge in [-0.05, 0) is 6.42 Å². The normalized spacial score (nSPS) is 14.8. The monoisotopic (exact) mass is 281 g/mol. The number of unbranched alkanes of at least 4 members (excludes halogenated alkanes) is 9. The molecule has 0 saturated carbocycles. The number of hydrogen-bond acceptors (Lipinski definition) is 1. The molecule has 2 N–H and O–H groups in total. The second-order valence-electron chi connectivity index (χ2n) is 4.63. The van der Waals surface area contributed by atoms with Gasteiger partial charge in [-0.1, -0.05) is 77.0 Å². The molecule has 0 bridgehead atoms. The van der Waals surface area contributed by atoms with E-state index in [2.05, 4.69) is 24.3 Å². The van der Waals surface area contributed by atoms with E-state index in [1.807, 2.05) is 0 Å². The Hall–Kier alpha value is 0.500. The number of nitrogens with one attached hydrogen (secondary N) is 1. The van der Waals surface area contributed by atoms with Crippen LogP contribution in [0.2, 0.25) is 0 Å². The van der Waals surface area contributed by atoms with Gasteiger partial charge in [0.05, 0.1) is 0 Å². The maximum atomic E-state index is 10.8. The van der Waals surface area contributed by atoms with Gasteiger partial charge in [-0.2, -0.15) is 0 Å². The van der Waals surface area contributed by atoms with Crippen molar-refractivity contribution in [2.75, 3.05) is 6.54 Å². The van der Waals surface area contributed by atoms with E-state index in [-0.39, 0.29) is 0 Å². The Morgan fingerprint density at radius 3 is 1.76 bits per heavy atom. The highest BCUT2D eigenvalue weighted by atomic mass is 32.7. The summed E-state index contributed by atoms with van der Waals surface area (Å²) in [7, 11) is 0. The minimum Gasteiger partial charge on any atom is -0.326 e. The Bertz CT molecular complexity index is 209. The van der Waals surface area contributed by atoms with E-state index in [4.69, 9.17) is 4.89 Å². The molecule has 0 rings (SSSR count). The highest BCUT2D eigenvalue weighted by molar-refractivity contribution is 8.45. The van der Waals surface area contributed by atoms with Gasteiger partial charge >= 0.3 is 6.72 Å². The van der Waals surface area contributed by atoms with Crippen LogP contribution in [-0.2, 0) is 4.57 Å². The van der Waals surface area contributed by atoms with Crippen LogP contribution in [-0.4, -0.2) is 11.4 Å². The molecule has 0 aliphatic rings. The third kappa shape index (κ3) is 16.5. The third-order valence-corrected chi connectivity index (χ3v) is 3.91. The first kappa shape index (κ1) is 17.5. The molecular weight excluding hydrogens is 253 g/mol. The van der Waals surface area contributed by atoms with E-state index in [0.717, 1.165) is 12.8 Å². The summed E-state index contributed by atoms with van der Waals surface area (Å²) in [5.74, 6) is 0. The van der Waals surface area contributed by atoms with Gasteiger partial charge in [-0.15, -0.1) is 0 Å². The maximum absolute atomic E-state index is 10.8. The lowest BCUT2D eigenvalue weighted by atomic mass is 10.1. The van der Waals surface area contributed by atoms with Crippen LogP contribution in [0.3, 0.4) is 0 Å². The van der Waals surface area contributed by atoms with Crippen LogP contribution < -0.4 is 5.09 Å². The predicted molar refractivity (Wildman–Crippen MR) is 78.7 cm³/mol. The summed E-state index contributed by atoms with van der Waals surface area (Å²) in [6.45, 7) is -0.467. The lowest BCUT2D eigenvalue weighted by Crippen LogP contribution is -2.08. The van der Waals surface area contributed by atoms with Crippen LogP contribution in [0.5, 0.6) is 0 Å². The second kappa shape index (κ2) is 11.6. The van der Waals surface area contributed by atoms with Crippen LogP contribution in [0.25, 0.3) is 0 Å². The highest BCUT2D eigenvalue weighted by Gasteiger charge is 2.07.